The van der Waals surface area contributed by atoms with Crippen LogP contribution in [0.15, 0.2) is 30.5 Å². The second-order valence-electron chi connectivity index (χ2n) is 5.21. The van der Waals surface area contributed by atoms with Gasteiger partial charge in [0, 0.05) is 41.0 Å². The zero-order valence-corrected chi connectivity index (χ0v) is 10.1. The molecule has 0 spiro atoms. The van der Waals surface area contributed by atoms with Gasteiger partial charge in [0.25, 0.3) is 0 Å². The predicted molar refractivity (Wildman–Crippen MR) is 69.2 cm³/mol. The first-order valence-electron chi connectivity index (χ1n) is 6.17. The van der Waals surface area contributed by atoms with Gasteiger partial charge in [-0.25, -0.2) is 0 Å². The Bertz CT molecular complexity index is 644. The van der Waals surface area contributed by atoms with Gasteiger partial charge in [0.2, 0.25) is 0 Å². The number of nitrogens with zero attached hydrogens (tertiary/aromatic N) is 2. The van der Waals surface area contributed by atoms with Crippen LogP contribution in [0.1, 0.15) is 29.6 Å². The van der Waals surface area contributed by atoms with Crippen LogP contribution in [0.5, 0.6) is 0 Å². The van der Waals surface area contributed by atoms with Crippen LogP contribution in [-0.2, 0) is 6.54 Å². The van der Waals surface area contributed by atoms with Crippen molar-refractivity contribution in [2.75, 3.05) is 0 Å². The van der Waals surface area contributed by atoms with Crippen molar-refractivity contribution in [3.63, 3.8) is 0 Å². The molecule has 18 heavy (non-hydrogen) atoms. The summed E-state index contributed by atoms with van der Waals surface area (Å²) in [5.41, 5.74) is 2.05. The fourth-order valence-corrected chi connectivity index (χ4v) is 2.53. The molecule has 1 fully saturated rings. The molecule has 0 unspecified atom stereocenters. The Morgan fingerprint density at radius 1 is 1.39 bits per heavy atom. The van der Waals surface area contributed by atoms with Crippen LogP contribution in [-0.4, -0.2) is 10.9 Å². The molecule has 1 aliphatic rings. The summed E-state index contributed by atoms with van der Waals surface area (Å²) < 4.78 is 2.20. The molecular weight excluding hydrogens is 224 g/mol. The van der Waals surface area contributed by atoms with E-state index in [2.05, 4.69) is 16.8 Å². The summed E-state index contributed by atoms with van der Waals surface area (Å²) in [6, 6.07) is 10.1. The number of benzene rings is 1. The first-order chi connectivity index (χ1) is 8.76. The summed E-state index contributed by atoms with van der Waals surface area (Å²) in [6.07, 6.45) is 5.85. The van der Waals surface area contributed by atoms with E-state index in [9.17, 15) is 4.79 Å². The van der Waals surface area contributed by atoms with E-state index in [1.54, 1.807) is 0 Å². The van der Waals surface area contributed by atoms with Crippen LogP contribution in [0.2, 0.25) is 0 Å². The van der Waals surface area contributed by atoms with Crippen LogP contribution in [0.25, 0.3) is 10.9 Å². The van der Waals surface area contributed by atoms with Crippen molar-refractivity contribution in [2.24, 2.45) is 5.41 Å². The molecule has 3 rings (SSSR count). The molecule has 1 aromatic carbocycles. The minimum Gasteiger partial charge on any atom is -0.347 e. The molecule has 1 heterocycles. The van der Waals surface area contributed by atoms with Gasteiger partial charge in [0.05, 0.1) is 6.07 Å². The number of hydrogen-bond acceptors (Lipinski definition) is 2. The zero-order chi connectivity index (χ0) is 12.6. The molecule has 2 aromatic rings. The molecule has 0 N–H and O–H groups in total. The summed E-state index contributed by atoms with van der Waals surface area (Å²) in [5.74, 6) is 0. The zero-order valence-electron chi connectivity index (χ0n) is 10.1. The highest BCUT2D eigenvalue weighted by molar-refractivity contribution is 5.87. The van der Waals surface area contributed by atoms with Gasteiger partial charge < -0.3 is 4.57 Å². The fourth-order valence-electron chi connectivity index (χ4n) is 2.53. The van der Waals surface area contributed by atoms with Gasteiger partial charge in [-0.15, -0.1) is 0 Å². The lowest BCUT2D eigenvalue weighted by Gasteiger charge is -2.13. The number of hydrogen-bond donors (Lipinski definition) is 0. The van der Waals surface area contributed by atoms with Gasteiger partial charge in [0.15, 0.2) is 0 Å². The van der Waals surface area contributed by atoms with Crippen LogP contribution in [0, 0.1) is 16.7 Å². The number of aldehydes is 1. The predicted octanol–water partition coefficient (Wildman–Crippen LogP) is 3.15. The van der Waals surface area contributed by atoms with E-state index in [0.29, 0.717) is 12.0 Å². The number of carbonyl (C=O) groups is 1. The molecule has 90 valence electrons. The van der Waals surface area contributed by atoms with Crippen LogP contribution in [0.3, 0.4) is 0 Å². The number of aromatic nitrogens is 1. The van der Waals surface area contributed by atoms with Crippen molar-refractivity contribution < 1.29 is 4.79 Å². The third kappa shape index (κ3) is 1.80. The van der Waals surface area contributed by atoms with E-state index in [1.165, 1.54) is 0 Å². The van der Waals surface area contributed by atoms with Gasteiger partial charge in [-0.2, -0.15) is 5.26 Å². The average Bonchev–Trinajstić information content (AvgIpc) is 3.03. The summed E-state index contributed by atoms with van der Waals surface area (Å²) in [6.45, 7) is 0.907. The average molecular weight is 238 g/mol. The van der Waals surface area contributed by atoms with E-state index in [1.807, 2.05) is 24.3 Å². The Morgan fingerprint density at radius 2 is 2.22 bits per heavy atom. The maximum atomic E-state index is 10.7. The van der Waals surface area contributed by atoms with E-state index in [4.69, 9.17) is 5.26 Å². The number of carbonyl (C=O) groups excluding carboxylic acids is 1. The molecule has 1 aromatic heterocycles. The summed E-state index contributed by atoms with van der Waals surface area (Å²) >= 11 is 0. The monoisotopic (exact) mass is 238 g/mol. The lowest BCUT2D eigenvalue weighted by atomic mass is 10.0. The first-order valence-corrected chi connectivity index (χ1v) is 6.17. The topological polar surface area (TPSA) is 45.8 Å². The molecule has 1 saturated carbocycles. The van der Waals surface area contributed by atoms with Crippen LogP contribution >= 0.6 is 0 Å². The van der Waals surface area contributed by atoms with Crippen molar-refractivity contribution in [1.29, 1.82) is 5.26 Å². The number of rotatable bonds is 4. The van der Waals surface area contributed by atoms with Gasteiger partial charge in [-0.05, 0) is 37.1 Å². The number of fused-ring (bicyclic) bond motifs is 1. The highest BCUT2D eigenvalue weighted by Crippen LogP contribution is 2.50. The normalized spacial score (nSPS) is 16.4. The molecule has 0 atom stereocenters. The number of nitriles is 1. The molecule has 0 radical (unpaired) electrons. The van der Waals surface area contributed by atoms with Crippen LogP contribution in [0.4, 0.5) is 0 Å². The second-order valence-corrected chi connectivity index (χ2v) is 5.21. The lowest BCUT2D eigenvalue weighted by molar-refractivity contribution is 0.112. The highest BCUT2D eigenvalue weighted by Gasteiger charge is 2.42. The minimum absolute atomic E-state index is 0.198. The van der Waals surface area contributed by atoms with Crippen molar-refractivity contribution >= 4 is 17.2 Å². The molecule has 0 aliphatic heterocycles. The van der Waals surface area contributed by atoms with Crippen molar-refractivity contribution in [1.82, 2.24) is 4.57 Å². The Balaban J connectivity index is 1.94. The van der Waals surface area contributed by atoms with Crippen molar-refractivity contribution in [2.45, 2.75) is 25.8 Å². The van der Waals surface area contributed by atoms with Gasteiger partial charge in [-0.3, -0.25) is 4.79 Å². The fraction of sp³-hybridized carbons (Fsp3) is 0.333. The molecular formula is C15H14N2O. The van der Waals surface area contributed by atoms with E-state index >= 15 is 0 Å². The highest BCUT2D eigenvalue weighted by atomic mass is 16.1. The third-order valence-corrected chi connectivity index (χ3v) is 3.85. The van der Waals surface area contributed by atoms with Crippen molar-refractivity contribution in [3.8, 4) is 6.07 Å². The molecule has 0 bridgehead atoms. The molecule has 3 heteroatoms. The quantitative estimate of drug-likeness (QED) is 0.768. The van der Waals surface area contributed by atoms with E-state index in [0.717, 1.165) is 36.6 Å². The molecule has 0 amide bonds. The third-order valence-electron chi connectivity index (χ3n) is 3.85. The Kier molecular flexibility index (Phi) is 2.45. The van der Waals surface area contributed by atoms with Crippen LogP contribution < -0.4 is 0 Å². The van der Waals surface area contributed by atoms with Gasteiger partial charge in [-0.1, -0.05) is 0 Å². The minimum atomic E-state index is 0.198. The lowest BCUT2D eigenvalue weighted by Crippen LogP contribution is -2.10. The summed E-state index contributed by atoms with van der Waals surface area (Å²) in [7, 11) is 0. The summed E-state index contributed by atoms with van der Waals surface area (Å²) in [5, 5.41) is 9.94. The Hall–Kier alpha value is -2.08. The largest absolute Gasteiger partial charge is 0.347 e. The molecule has 1 aliphatic carbocycles. The van der Waals surface area contributed by atoms with E-state index in [-0.39, 0.29) is 5.41 Å². The van der Waals surface area contributed by atoms with Gasteiger partial charge in [0.1, 0.15) is 6.29 Å². The maximum Gasteiger partial charge on any atom is 0.150 e. The Morgan fingerprint density at radius 3 is 2.89 bits per heavy atom. The SMILES string of the molecule is N#CCC1(Cn2ccc3cc(C=O)ccc32)CC1. The molecule has 3 nitrogen and oxygen atoms in total. The first kappa shape index (κ1) is 11.0. The molecule has 0 saturated heterocycles. The smallest absolute Gasteiger partial charge is 0.150 e. The van der Waals surface area contributed by atoms with Gasteiger partial charge >= 0.3 is 0 Å². The Labute approximate surface area is 106 Å². The standard InChI is InChI=1S/C15H14N2O/c16-7-6-15(4-5-15)11-17-8-3-13-9-12(10-18)1-2-14(13)17/h1-3,8-10H,4-6,11H2. The van der Waals surface area contributed by atoms with Crippen molar-refractivity contribution in [3.05, 3.63) is 36.0 Å². The van der Waals surface area contributed by atoms with E-state index < -0.39 is 0 Å². The summed E-state index contributed by atoms with van der Waals surface area (Å²) in [4.78, 5) is 10.7. The second kappa shape index (κ2) is 3.99. The maximum absolute atomic E-state index is 10.7.